The molecule has 2 aromatic rings. The third-order valence-corrected chi connectivity index (χ3v) is 4.67. The summed E-state index contributed by atoms with van der Waals surface area (Å²) in [6.07, 6.45) is 3.69. The van der Waals surface area contributed by atoms with Crippen molar-refractivity contribution in [3.63, 3.8) is 0 Å². The van der Waals surface area contributed by atoms with Crippen LogP contribution < -0.4 is 10.7 Å². The van der Waals surface area contributed by atoms with Crippen LogP contribution in [0.1, 0.15) is 62.4 Å². The fraction of sp³-hybridized carbons (Fsp3) is 0.348. The van der Waals surface area contributed by atoms with Crippen molar-refractivity contribution in [2.24, 2.45) is 11.0 Å². The van der Waals surface area contributed by atoms with E-state index in [1.165, 1.54) is 0 Å². The van der Waals surface area contributed by atoms with E-state index < -0.39 is 0 Å². The first-order chi connectivity index (χ1) is 13.9. The Morgan fingerprint density at radius 3 is 2.03 bits per heavy atom. The number of carbonyl (C=O) groups is 2. The van der Waals surface area contributed by atoms with Crippen molar-refractivity contribution in [3.8, 4) is 5.75 Å². The molecule has 0 bridgehead atoms. The van der Waals surface area contributed by atoms with E-state index in [4.69, 9.17) is 0 Å². The molecule has 29 heavy (non-hydrogen) atoms. The van der Waals surface area contributed by atoms with Gasteiger partial charge in [0.05, 0.1) is 5.71 Å². The van der Waals surface area contributed by atoms with E-state index >= 15 is 0 Å². The third-order valence-electron chi connectivity index (χ3n) is 4.67. The fourth-order valence-corrected chi connectivity index (χ4v) is 3.02. The molecular weight excluding hydrogens is 366 g/mol. The molecule has 0 aliphatic rings. The predicted octanol–water partition coefficient (Wildman–Crippen LogP) is 4.70. The van der Waals surface area contributed by atoms with E-state index in [0.717, 1.165) is 31.2 Å². The molecule has 3 N–H and O–H groups in total. The summed E-state index contributed by atoms with van der Waals surface area (Å²) in [6, 6.07) is 13.3. The molecule has 0 atom stereocenters. The van der Waals surface area contributed by atoms with E-state index in [-0.39, 0.29) is 23.5 Å². The number of phenolic OH excluding ortho intramolecular Hbond substituents is 1. The van der Waals surface area contributed by atoms with Gasteiger partial charge in [-0.15, -0.1) is 0 Å². The van der Waals surface area contributed by atoms with E-state index in [2.05, 4.69) is 29.7 Å². The van der Waals surface area contributed by atoms with E-state index in [9.17, 15) is 14.7 Å². The molecule has 2 amide bonds. The molecule has 0 saturated heterocycles. The van der Waals surface area contributed by atoms with Crippen LogP contribution in [0.15, 0.2) is 53.6 Å². The summed E-state index contributed by atoms with van der Waals surface area (Å²) >= 11 is 0. The standard InChI is InChI=1S/C23H29N3O3/c1-4-6-18(7-5-2)22(28)24-20-12-8-19(9-13-20)23(29)26-25-16(3)17-10-14-21(27)15-11-17/h8-15,18,27H,4-7H2,1-3H3,(H,24,28)(H,26,29)/b25-16+. The van der Waals surface area contributed by atoms with Crippen molar-refractivity contribution < 1.29 is 14.7 Å². The van der Waals surface area contributed by atoms with Crippen molar-refractivity contribution in [1.29, 1.82) is 0 Å². The minimum absolute atomic E-state index is 0.0187. The van der Waals surface area contributed by atoms with Crippen molar-refractivity contribution >= 4 is 23.2 Å². The average Bonchev–Trinajstić information content (AvgIpc) is 2.72. The number of hydrogen-bond acceptors (Lipinski definition) is 4. The third kappa shape index (κ3) is 6.75. The normalized spacial score (nSPS) is 11.4. The minimum Gasteiger partial charge on any atom is -0.508 e. The number of hydrazone groups is 1. The molecule has 0 fully saturated rings. The Labute approximate surface area is 172 Å². The smallest absolute Gasteiger partial charge is 0.271 e. The van der Waals surface area contributed by atoms with Crippen molar-refractivity contribution in [2.75, 3.05) is 5.32 Å². The fourth-order valence-electron chi connectivity index (χ4n) is 3.02. The molecular formula is C23H29N3O3. The molecule has 2 rings (SSSR count). The molecule has 0 saturated carbocycles. The molecule has 0 heterocycles. The number of aromatic hydroxyl groups is 1. The Morgan fingerprint density at radius 1 is 0.931 bits per heavy atom. The number of nitrogens with one attached hydrogen (secondary N) is 2. The SMILES string of the molecule is CCCC(CCC)C(=O)Nc1ccc(C(=O)N/N=C(\C)c2ccc(O)cc2)cc1. The first kappa shape index (κ1) is 22.1. The molecule has 2 aromatic carbocycles. The number of nitrogens with zero attached hydrogens (tertiary/aromatic N) is 1. The van der Waals surface area contributed by atoms with Crippen molar-refractivity contribution in [1.82, 2.24) is 5.43 Å². The zero-order chi connectivity index (χ0) is 21.2. The molecule has 0 aliphatic heterocycles. The quantitative estimate of drug-likeness (QED) is 0.424. The molecule has 0 aliphatic carbocycles. The second-order valence-corrected chi connectivity index (χ2v) is 7.03. The molecule has 0 unspecified atom stereocenters. The zero-order valence-corrected chi connectivity index (χ0v) is 17.2. The Balaban J connectivity index is 1.96. The highest BCUT2D eigenvalue weighted by molar-refractivity contribution is 6.01. The summed E-state index contributed by atoms with van der Waals surface area (Å²) in [5, 5.41) is 16.4. The van der Waals surface area contributed by atoms with Gasteiger partial charge >= 0.3 is 0 Å². The van der Waals surface area contributed by atoms with Crippen LogP contribution in [0, 0.1) is 5.92 Å². The van der Waals surface area contributed by atoms with E-state index in [1.807, 2.05) is 0 Å². The number of carbonyl (C=O) groups excluding carboxylic acids is 2. The van der Waals surface area contributed by atoms with Gasteiger partial charge in [-0.2, -0.15) is 5.10 Å². The highest BCUT2D eigenvalue weighted by Gasteiger charge is 2.16. The van der Waals surface area contributed by atoms with Gasteiger partial charge in [0.1, 0.15) is 5.75 Å². The molecule has 154 valence electrons. The molecule has 0 spiro atoms. The van der Waals surface area contributed by atoms with Crippen LogP contribution in [-0.2, 0) is 4.79 Å². The van der Waals surface area contributed by atoms with Crippen LogP contribution in [0.3, 0.4) is 0 Å². The monoisotopic (exact) mass is 395 g/mol. The van der Waals surface area contributed by atoms with Crippen LogP contribution in [0.5, 0.6) is 5.75 Å². The highest BCUT2D eigenvalue weighted by Crippen LogP contribution is 2.17. The molecule has 6 nitrogen and oxygen atoms in total. The highest BCUT2D eigenvalue weighted by atomic mass is 16.3. The van der Waals surface area contributed by atoms with Gasteiger partial charge in [0, 0.05) is 17.2 Å². The summed E-state index contributed by atoms with van der Waals surface area (Å²) in [4.78, 5) is 24.7. The van der Waals surface area contributed by atoms with Crippen LogP contribution in [0.4, 0.5) is 5.69 Å². The summed E-state index contributed by atoms with van der Waals surface area (Å²) in [6.45, 7) is 5.93. The maximum Gasteiger partial charge on any atom is 0.271 e. The Morgan fingerprint density at radius 2 is 1.48 bits per heavy atom. The lowest BCUT2D eigenvalue weighted by Crippen LogP contribution is -2.23. The topological polar surface area (TPSA) is 90.8 Å². The lowest BCUT2D eigenvalue weighted by atomic mass is 9.97. The number of phenols is 1. The summed E-state index contributed by atoms with van der Waals surface area (Å²) < 4.78 is 0. The van der Waals surface area contributed by atoms with Gasteiger partial charge in [-0.1, -0.05) is 26.7 Å². The largest absolute Gasteiger partial charge is 0.508 e. The average molecular weight is 396 g/mol. The van der Waals surface area contributed by atoms with Crippen LogP contribution in [0.25, 0.3) is 0 Å². The van der Waals surface area contributed by atoms with E-state index in [1.54, 1.807) is 55.5 Å². The summed E-state index contributed by atoms with van der Waals surface area (Å²) in [5.74, 6) is -0.116. The number of amides is 2. The summed E-state index contributed by atoms with van der Waals surface area (Å²) in [5.41, 5.74) is 5.07. The van der Waals surface area contributed by atoms with Crippen molar-refractivity contribution in [2.45, 2.75) is 46.5 Å². The molecule has 0 aromatic heterocycles. The lowest BCUT2D eigenvalue weighted by Gasteiger charge is -2.15. The minimum atomic E-state index is -0.337. The number of anilines is 1. The van der Waals surface area contributed by atoms with Gasteiger partial charge in [0.25, 0.3) is 5.91 Å². The second kappa shape index (κ2) is 11.0. The van der Waals surface area contributed by atoms with Crippen LogP contribution >= 0.6 is 0 Å². The number of rotatable bonds is 9. The van der Waals surface area contributed by atoms with Gasteiger partial charge in [-0.3, -0.25) is 9.59 Å². The maximum absolute atomic E-state index is 12.4. The molecule has 0 radical (unpaired) electrons. The first-order valence-corrected chi connectivity index (χ1v) is 9.99. The maximum atomic E-state index is 12.4. The molecule has 6 heteroatoms. The van der Waals surface area contributed by atoms with Crippen LogP contribution in [0.2, 0.25) is 0 Å². The number of benzene rings is 2. The number of hydrogen-bond donors (Lipinski definition) is 3. The Kier molecular flexibility index (Phi) is 8.40. The Bertz CT molecular complexity index is 837. The van der Waals surface area contributed by atoms with Gasteiger partial charge in [-0.25, -0.2) is 5.43 Å². The zero-order valence-electron chi connectivity index (χ0n) is 17.2. The predicted molar refractivity (Wildman–Crippen MR) is 116 cm³/mol. The van der Waals surface area contributed by atoms with Gasteiger partial charge in [0.15, 0.2) is 0 Å². The van der Waals surface area contributed by atoms with Gasteiger partial charge < -0.3 is 10.4 Å². The second-order valence-electron chi connectivity index (χ2n) is 7.03. The summed E-state index contributed by atoms with van der Waals surface area (Å²) in [7, 11) is 0. The van der Waals surface area contributed by atoms with Gasteiger partial charge in [0.2, 0.25) is 5.91 Å². The lowest BCUT2D eigenvalue weighted by molar-refractivity contribution is -0.120. The van der Waals surface area contributed by atoms with Crippen molar-refractivity contribution in [3.05, 3.63) is 59.7 Å². The van der Waals surface area contributed by atoms with Crippen LogP contribution in [-0.4, -0.2) is 22.6 Å². The first-order valence-electron chi connectivity index (χ1n) is 9.99. The van der Waals surface area contributed by atoms with Gasteiger partial charge in [-0.05, 0) is 73.9 Å². The van der Waals surface area contributed by atoms with E-state index in [0.29, 0.717) is 17.0 Å². The Hall–Kier alpha value is -3.15.